The summed E-state index contributed by atoms with van der Waals surface area (Å²) in [6, 6.07) is 11.6. The molecule has 27 heavy (non-hydrogen) atoms. The van der Waals surface area contributed by atoms with Crippen molar-refractivity contribution in [3.63, 3.8) is 0 Å². The zero-order valence-electron chi connectivity index (χ0n) is 14.4. The van der Waals surface area contributed by atoms with Gasteiger partial charge in [0.1, 0.15) is 11.2 Å². The fourth-order valence-electron chi connectivity index (χ4n) is 2.62. The third kappa shape index (κ3) is 4.22. The second kappa shape index (κ2) is 8.13. The lowest BCUT2D eigenvalue weighted by Gasteiger charge is -2.18. The van der Waals surface area contributed by atoms with E-state index >= 15 is 0 Å². The van der Waals surface area contributed by atoms with E-state index in [0.717, 1.165) is 4.47 Å². The van der Waals surface area contributed by atoms with Crippen LogP contribution < -0.4 is 10.9 Å². The first-order chi connectivity index (χ1) is 13.0. The number of carbonyl (C=O) groups excluding carboxylic acids is 2. The minimum absolute atomic E-state index is 0.0633. The van der Waals surface area contributed by atoms with Gasteiger partial charge in [-0.05, 0) is 29.8 Å². The topological polar surface area (TPSA) is 89.8 Å². The molecule has 2 heterocycles. The molecule has 138 valence electrons. The molecule has 1 atom stereocenters. The molecule has 7 nitrogen and oxygen atoms in total. The minimum atomic E-state index is -0.645. The van der Waals surface area contributed by atoms with Gasteiger partial charge in [-0.25, -0.2) is 4.98 Å². The number of amides is 1. The maximum absolute atomic E-state index is 12.7. The number of hydrogen-bond acceptors (Lipinski definition) is 5. The van der Waals surface area contributed by atoms with Crippen LogP contribution in [-0.2, 0) is 9.53 Å². The molecule has 1 amide bonds. The zero-order valence-corrected chi connectivity index (χ0v) is 16.0. The number of ether oxygens (including phenoxy) is 1. The number of nitrogens with zero attached hydrogens (tertiary/aromatic N) is 2. The first kappa shape index (κ1) is 18.8. The van der Waals surface area contributed by atoms with Gasteiger partial charge < -0.3 is 10.1 Å². The number of methoxy groups -OCH3 is 1. The number of aromatic nitrogens is 2. The van der Waals surface area contributed by atoms with Crippen LogP contribution >= 0.6 is 15.9 Å². The molecule has 0 fully saturated rings. The van der Waals surface area contributed by atoms with Gasteiger partial charge in [0, 0.05) is 16.9 Å². The van der Waals surface area contributed by atoms with E-state index in [1.165, 1.54) is 17.7 Å². The Kier molecular flexibility index (Phi) is 5.66. The number of esters is 1. The van der Waals surface area contributed by atoms with Gasteiger partial charge in [-0.15, -0.1) is 0 Å². The Bertz CT molecular complexity index is 1050. The molecule has 0 aliphatic rings. The van der Waals surface area contributed by atoms with Crippen molar-refractivity contribution in [3.05, 3.63) is 80.8 Å². The lowest BCUT2D eigenvalue weighted by Crippen LogP contribution is -2.35. The number of hydrogen-bond donors (Lipinski definition) is 1. The van der Waals surface area contributed by atoms with Crippen LogP contribution in [0.15, 0.2) is 64.1 Å². The van der Waals surface area contributed by atoms with Gasteiger partial charge in [0.05, 0.1) is 19.6 Å². The van der Waals surface area contributed by atoms with Crippen molar-refractivity contribution in [2.75, 3.05) is 7.11 Å². The first-order valence-electron chi connectivity index (χ1n) is 8.09. The third-order valence-corrected chi connectivity index (χ3v) is 4.56. The Morgan fingerprint density at radius 2 is 1.96 bits per heavy atom. The average Bonchev–Trinajstić information content (AvgIpc) is 2.68. The van der Waals surface area contributed by atoms with E-state index in [1.807, 2.05) is 0 Å². The van der Waals surface area contributed by atoms with Crippen molar-refractivity contribution >= 4 is 33.5 Å². The van der Waals surface area contributed by atoms with E-state index in [4.69, 9.17) is 4.74 Å². The lowest BCUT2D eigenvalue weighted by molar-refractivity contribution is -0.141. The molecule has 8 heteroatoms. The summed E-state index contributed by atoms with van der Waals surface area (Å²) >= 11 is 3.35. The molecule has 1 aromatic carbocycles. The SMILES string of the molecule is COC(=O)C[C@@H](NC(=O)c1cnc2ccccn2c1=O)c1ccc(Br)cc1. The van der Waals surface area contributed by atoms with Gasteiger partial charge in [0.2, 0.25) is 0 Å². The molecule has 3 rings (SSSR count). The maximum Gasteiger partial charge on any atom is 0.307 e. The highest BCUT2D eigenvalue weighted by Crippen LogP contribution is 2.20. The molecule has 0 bridgehead atoms. The zero-order chi connectivity index (χ0) is 19.4. The van der Waals surface area contributed by atoms with Crippen LogP contribution in [0.2, 0.25) is 0 Å². The molecule has 0 saturated heterocycles. The number of pyridine rings is 1. The molecular weight excluding hydrogens is 414 g/mol. The standard InChI is InChI=1S/C19H16BrN3O4/c1-27-17(24)10-15(12-5-7-13(20)8-6-12)22-18(25)14-11-21-16-4-2-3-9-23(16)19(14)26/h2-9,11,15H,10H2,1H3,(H,22,25)/t15-/m1/s1. The Hall–Kier alpha value is -3.00. The molecule has 0 radical (unpaired) electrons. The normalized spacial score (nSPS) is 11.8. The fourth-order valence-corrected chi connectivity index (χ4v) is 2.88. The van der Waals surface area contributed by atoms with E-state index in [1.54, 1.807) is 48.7 Å². The predicted octanol–water partition coefficient (Wildman–Crippen LogP) is 2.49. The number of nitrogens with one attached hydrogen (secondary N) is 1. The Balaban J connectivity index is 1.92. The number of halogens is 1. The summed E-state index contributed by atoms with van der Waals surface area (Å²) in [4.78, 5) is 41.2. The van der Waals surface area contributed by atoms with E-state index in [2.05, 4.69) is 26.2 Å². The molecule has 1 N–H and O–H groups in total. The van der Waals surface area contributed by atoms with Crippen molar-refractivity contribution < 1.29 is 14.3 Å². The summed E-state index contributed by atoms with van der Waals surface area (Å²) in [6.45, 7) is 0. The van der Waals surface area contributed by atoms with Crippen LogP contribution in [0.5, 0.6) is 0 Å². The summed E-state index contributed by atoms with van der Waals surface area (Å²) < 4.78 is 6.88. The van der Waals surface area contributed by atoms with E-state index < -0.39 is 23.5 Å². The molecule has 0 spiro atoms. The van der Waals surface area contributed by atoms with Crippen molar-refractivity contribution in [1.82, 2.24) is 14.7 Å². The number of carbonyl (C=O) groups is 2. The smallest absolute Gasteiger partial charge is 0.307 e. The van der Waals surface area contributed by atoms with Gasteiger partial charge in [-0.1, -0.05) is 34.1 Å². The Morgan fingerprint density at radius 3 is 2.67 bits per heavy atom. The first-order valence-corrected chi connectivity index (χ1v) is 8.88. The van der Waals surface area contributed by atoms with Crippen LogP contribution in [0.25, 0.3) is 5.65 Å². The van der Waals surface area contributed by atoms with Crippen molar-refractivity contribution in [2.45, 2.75) is 12.5 Å². The van der Waals surface area contributed by atoms with Crippen molar-refractivity contribution in [1.29, 1.82) is 0 Å². The van der Waals surface area contributed by atoms with Gasteiger partial charge >= 0.3 is 5.97 Å². The van der Waals surface area contributed by atoms with E-state index in [9.17, 15) is 14.4 Å². The fraction of sp³-hybridized carbons (Fsp3) is 0.158. The number of benzene rings is 1. The van der Waals surface area contributed by atoms with Gasteiger partial charge in [0.25, 0.3) is 11.5 Å². The summed E-state index contributed by atoms with van der Waals surface area (Å²) in [5.41, 5.74) is 0.570. The van der Waals surface area contributed by atoms with Crippen LogP contribution in [0, 0.1) is 0 Å². The van der Waals surface area contributed by atoms with Crippen molar-refractivity contribution in [2.24, 2.45) is 0 Å². The molecule has 0 saturated carbocycles. The highest BCUT2D eigenvalue weighted by atomic mass is 79.9. The molecule has 3 aromatic rings. The maximum atomic E-state index is 12.7. The average molecular weight is 430 g/mol. The van der Waals surface area contributed by atoms with Crippen LogP contribution in [0.4, 0.5) is 0 Å². The van der Waals surface area contributed by atoms with Crippen LogP contribution in [0.3, 0.4) is 0 Å². The third-order valence-electron chi connectivity index (χ3n) is 4.03. The quantitative estimate of drug-likeness (QED) is 0.629. The molecule has 0 aliphatic heterocycles. The summed E-state index contributed by atoms with van der Waals surface area (Å²) in [5.74, 6) is -1.08. The molecule has 0 aliphatic carbocycles. The summed E-state index contributed by atoms with van der Waals surface area (Å²) in [6.07, 6.45) is 2.72. The van der Waals surface area contributed by atoms with Gasteiger partial charge in [0.15, 0.2) is 0 Å². The minimum Gasteiger partial charge on any atom is -0.469 e. The Morgan fingerprint density at radius 1 is 1.22 bits per heavy atom. The van der Waals surface area contributed by atoms with Gasteiger partial charge in [-0.2, -0.15) is 0 Å². The molecule has 0 unspecified atom stereocenters. The summed E-state index contributed by atoms with van der Waals surface area (Å²) in [7, 11) is 1.28. The number of fused-ring (bicyclic) bond motifs is 1. The largest absolute Gasteiger partial charge is 0.469 e. The second-order valence-corrected chi connectivity index (χ2v) is 6.68. The van der Waals surface area contributed by atoms with Crippen molar-refractivity contribution in [3.8, 4) is 0 Å². The molecule has 2 aromatic heterocycles. The van der Waals surface area contributed by atoms with Crippen LogP contribution in [-0.4, -0.2) is 28.4 Å². The monoisotopic (exact) mass is 429 g/mol. The van der Waals surface area contributed by atoms with E-state index in [-0.39, 0.29) is 12.0 Å². The van der Waals surface area contributed by atoms with Gasteiger partial charge in [-0.3, -0.25) is 18.8 Å². The molecular formula is C19H16BrN3O4. The highest BCUT2D eigenvalue weighted by Gasteiger charge is 2.22. The predicted molar refractivity (Wildman–Crippen MR) is 102 cm³/mol. The van der Waals surface area contributed by atoms with E-state index in [0.29, 0.717) is 11.2 Å². The highest BCUT2D eigenvalue weighted by molar-refractivity contribution is 9.10. The number of rotatable bonds is 5. The summed E-state index contributed by atoms with van der Waals surface area (Å²) in [5, 5.41) is 2.73. The Labute approximate surface area is 163 Å². The lowest BCUT2D eigenvalue weighted by atomic mass is 10.0. The second-order valence-electron chi connectivity index (χ2n) is 5.76. The van der Waals surface area contributed by atoms with Crippen LogP contribution in [0.1, 0.15) is 28.4 Å².